The Morgan fingerprint density at radius 1 is 1.14 bits per heavy atom. The van der Waals surface area contributed by atoms with Gasteiger partial charge in [0.2, 0.25) is 0 Å². The van der Waals surface area contributed by atoms with Gasteiger partial charge in [0.1, 0.15) is 17.2 Å². The number of hydrogen-bond acceptors (Lipinski definition) is 3. The number of imidazole rings is 1. The summed E-state index contributed by atoms with van der Waals surface area (Å²) in [6.45, 7) is 1.62. The molecule has 2 heterocycles. The molecule has 0 radical (unpaired) electrons. The third kappa shape index (κ3) is 3.95. The van der Waals surface area contributed by atoms with E-state index in [1.54, 1.807) is 18.2 Å². The van der Waals surface area contributed by atoms with E-state index in [1.807, 2.05) is 0 Å². The molecule has 1 fully saturated rings. The molecule has 0 unspecified atom stereocenters. The number of nitrogens with one attached hydrogen (secondary N) is 3. The number of nitrogens with zero attached hydrogens (tertiary/aromatic N) is 1. The number of H-pyrrole nitrogens is 1. The molecule has 0 spiro atoms. The van der Waals surface area contributed by atoms with E-state index in [0.717, 1.165) is 38.1 Å². The second-order valence-corrected chi connectivity index (χ2v) is 6.97. The Morgan fingerprint density at radius 3 is 2.62 bits per heavy atom. The molecule has 1 aromatic heterocycles. The van der Waals surface area contributed by atoms with Crippen molar-refractivity contribution in [2.45, 2.75) is 25.1 Å². The van der Waals surface area contributed by atoms with Crippen molar-refractivity contribution in [3.63, 3.8) is 0 Å². The number of benzene rings is 2. The molecule has 4 rings (SSSR count). The highest BCUT2D eigenvalue weighted by atomic mass is 19.4. The summed E-state index contributed by atoms with van der Waals surface area (Å²) in [5.74, 6) is -1.38. The summed E-state index contributed by atoms with van der Waals surface area (Å²) in [6.07, 6.45) is -3.14. The number of para-hydroxylation sites is 1. The summed E-state index contributed by atoms with van der Waals surface area (Å²) < 4.78 is 53.5. The number of aromatic nitrogens is 2. The van der Waals surface area contributed by atoms with E-state index in [0.29, 0.717) is 11.6 Å². The first-order valence-electron chi connectivity index (χ1n) is 9.20. The summed E-state index contributed by atoms with van der Waals surface area (Å²) >= 11 is 0. The van der Waals surface area contributed by atoms with Gasteiger partial charge in [0, 0.05) is 11.6 Å². The highest BCUT2D eigenvalue weighted by Crippen LogP contribution is 2.37. The number of carbonyl (C=O) groups is 1. The topological polar surface area (TPSA) is 69.8 Å². The zero-order valence-electron chi connectivity index (χ0n) is 15.2. The van der Waals surface area contributed by atoms with Crippen molar-refractivity contribution >= 4 is 16.9 Å². The summed E-state index contributed by atoms with van der Waals surface area (Å²) in [5.41, 5.74) is -0.432. The normalized spacial score (nSPS) is 15.6. The molecule has 1 aliphatic rings. The van der Waals surface area contributed by atoms with Crippen LogP contribution in [0.4, 0.5) is 17.6 Å². The van der Waals surface area contributed by atoms with Gasteiger partial charge in [0.05, 0.1) is 16.6 Å². The average Bonchev–Trinajstić information content (AvgIpc) is 3.12. The fourth-order valence-electron chi connectivity index (χ4n) is 3.53. The molecular formula is C20H18F4N4O. The third-order valence-corrected chi connectivity index (χ3v) is 4.97. The SMILES string of the molecule is O=C(NC1CCNCC1)c1cccc2[nH]c(-c3ccc(F)cc3C(F)(F)F)nc12. The Hall–Kier alpha value is -2.94. The molecule has 1 saturated heterocycles. The van der Waals surface area contributed by atoms with E-state index in [-0.39, 0.29) is 34.4 Å². The van der Waals surface area contributed by atoms with Gasteiger partial charge in [-0.1, -0.05) is 6.07 Å². The van der Waals surface area contributed by atoms with Crippen molar-refractivity contribution in [2.75, 3.05) is 13.1 Å². The zero-order valence-corrected chi connectivity index (χ0v) is 15.2. The molecule has 3 N–H and O–H groups in total. The standard InChI is InChI=1S/C20H18F4N4O/c21-11-4-5-13(15(10-11)20(22,23)24)18-27-16-3-1-2-14(17(16)28-18)19(29)26-12-6-8-25-9-7-12/h1-5,10,12,25H,6-9H2,(H,26,29)(H,27,28). The van der Waals surface area contributed by atoms with Gasteiger partial charge >= 0.3 is 6.18 Å². The molecule has 29 heavy (non-hydrogen) atoms. The number of piperidine rings is 1. The predicted molar refractivity (Wildman–Crippen MR) is 99.8 cm³/mol. The first kappa shape index (κ1) is 19.4. The van der Waals surface area contributed by atoms with Crippen LogP contribution in [0, 0.1) is 5.82 Å². The monoisotopic (exact) mass is 406 g/mol. The van der Waals surface area contributed by atoms with Crippen molar-refractivity contribution in [2.24, 2.45) is 0 Å². The van der Waals surface area contributed by atoms with Crippen molar-refractivity contribution in [1.29, 1.82) is 0 Å². The lowest BCUT2D eigenvalue weighted by Crippen LogP contribution is -2.42. The maximum absolute atomic E-state index is 13.4. The fraction of sp³-hybridized carbons (Fsp3) is 0.300. The summed E-state index contributed by atoms with van der Waals surface area (Å²) in [4.78, 5) is 19.8. The van der Waals surface area contributed by atoms with Gasteiger partial charge in [-0.05, 0) is 56.3 Å². The summed E-state index contributed by atoms with van der Waals surface area (Å²) in [7, 11) is 0. The minimum absolute atomic E-state index is 0.0337. The molecule has 152 valence electrons. The summed E-state index contributed by atoms with van der Waals surface area (Å²) in [6, 6.07) is 7.30. The predicted octanol–water partition coefficient (Wildman–Crippen LogP) is 3.87. The number of hydrogen-bond donors (Lipinski definition) is 3. The summed E-state index contributed by atoms with van der Waals surface area (Å²) in [5, 5.41) is 6.17. The van der Waals surface area contributed by atoms with Gasteiger partial charge in [-0.2, -0.15) is 13.2 Å². The molecule has 0 bridgehead atoms. The molecule has 0 saturated carbocycles. The fourth-order valence-corrected chi connectivity index (χ4v) is 3.53. The van der Waals surface area contributed by atoms with Crippen molar-refractivity contribution < 1.29 is 22.4 Å². The van der Waals surface area contributed by atoms with Crippen LogP contribution in [0.1, 0.15) is 28.8 Å². The van der Waals surface area contributed by atoms with Gasteiger partial charge < -0.3 is 15.6 Å². The highest BCUT2D eigenvalue weighted by Gasteiger charge is 2.35. The quantitative estimate of drug-likeness (QED) is 0.579. The second-order valence-electron chi connectivity index (χ2n) is 6.97. The van der Waals surface area contributed by atoms with Crippen molar-refractivity contribution in [3.8, 4) is 11.4 Å². The van der Waals surface area contributed by atoms with Gasteiger partial charge in [0.25, 0.3) is 5.91 Å². The Bertz CT molecular complexity index is 1050. The molecule has 3 aromatic rings. The number of carbonyl (C=O) groups excluding carboxylic acids is 1. The van der Waals surface area contributed by atoms with Crippen LogP contribution < -0.4 is 10.6 Å². The van der Waals surface area contributed by atoms with Crippen LogP contribution in [0.15, 0.2) is 36.4 Å². The van der Waals surface area contributed by atoms with Crippen molar-refractivity contribution in [3.05, 3.63) is 53.3 Å². The maximum Gasteiger partial charge on any atom is 0.417 e. The number of rotatable bonds is 3. The molecule has 0 atom stereocenters. The van der Waals surface area contributed by atoms with Crippen molar-refractivity contribution in [1.82, 2.24) is 20.6 Å². The lowest BCUT2D eigenvalue weighted by molar-refractivity contribution is -0.137. The van der Waals surface area contributed by atoms with Crippen LogP contribution in [0.25, 0.3) is 22.4 Å². The number of aromatic amines is 1. The average molecular weight is 406 g/mol. The Labute approximate surface area is 163 Å². The van der Waals surface area contributed by atoms with E-state index >= 15 is 0 Å². The molecule has 5 nitrogen and oxygen atoms in total. The highest BCUT2D eigenvalue weighted by molar-refractivity contribution is 6.05. The van der Waals surface area contributed by atoms with Crippen LogP contribution in [0.2, 0.25) is 0 Å². The van der Waals surface area contributed by atoms with Crippen LogP contribution in [0.5, 0.6) is 0 Å². The lowest BCUT2D eigenvalue weighted by Gasteiger charge is -2.23. The smallest absolute Gasteiger partial charge is 0.349 e. The van der Waals surface area contributed by atoms with Crippen LogP contribution in [0.3, 0.4) is 0 Å². The first-order chi connectivity index (χ1) is 13.8. The molecule has 1 amide bonds. The van der Waals surface area contributed by atoms with Crippen LogP contribution in [-0.2, 0) is 6.18 Å². The largest absolute Gasteiger partial charge is 0.417 e. The van der Waals surface area contributed by atoms with E-state index in [4.69, 9.17) is 0 Å². The Balaban J connectivity index is 1.73. The first-order valence-corrected chi connectivity index (χ1v) is 9.20. The van der Waals surface area contributed by atoms with Gasteiger partial charge in [-0.15, -0.1) is 0 Å². The van der Waals surface area contributed by atoms with E-state index in [1.165, 1.54) is 0 Å². The molecule has 0 aliphatic carbocycles. The third-order valence-electron chi connectivity index (χ3n) is 4.97. The van der Waals surface area contributed by atoms with Crippen LogP contribution in [-0.4, -0.2) is 35.0 Å². The minimum Gasteiger partial charge on any atom is -0.349 e. The molecule has 1 aliphatic heterocycles. The number of amides is 1. The van der Waals surface area contributed by atoms with E-state index in [9.17, 15) is 22.4 Å². The minimum atomic E-state index is -4.74. The second kappa shape index (κ2) is 7.47. The number of fused-ring (bicyclic) bond motifs is 1. The van der Waals surface area contributed by atoms with Gasteiger partial charge in [-0.3, -0.25) is 4.79 Å². The Morgan fingerprint density at radius 2 is 1.90 bits per heavy atom. The van der Waals surface area contributed by atoms with E-state index in [2.05, 4.69) is 20.6 Å². The number of alkyl halides is 3. The van der Waals surface area contributed by atoms with Crippen LogP contribution >= 0.6 is 0 Å². The Kier molecular flexibility index (Phi) is 4.99. The zero-order chi connectivity index (χ0) is 20.6. The lowest BCUT2D eigenvalue weighted by atomic mass is 10.1. The molecule has 2 aromatic carbocycles. The van der Waals surface area contributed by atoms with Gasteiger partial charge in [0.15, 0.2) is 0 Å². The van der Waals surface area contributed by atoms with Gasteiger partial charge in [-0.25, -0.2) is 9.37 Å². The maximum atomic E-state index is 13.4. The number of halogens is 4. The van der Waals surface area contributed by atoms with E-state index < -0.39 is 17.6 Å². The molecule has 9 heteroatoms. The molecular weight excluding hydrogens is 388 g/mol.